The first-order valence-electron chi connectivity index (χ1n) is 17.1. The van der Waals surface area contributed by atoms with Gasteiger partial charge in [0.05, 0.1) is 31.3 Å². The molecule has 1 aliphatic heterocycles. The van der Waals surface area contributed by atoms with E-state index in [1.807, 2.05) is 53.7 Å². The lowest BCUT2D eigenvalue weighted by Gasteiger charge is -2.29. The number of nitrogens with two attached hydrogens (primary N) is 1. The third-order valence-corrected chi connectivity index (χ3v) is 11.1. The zero-order chi connectivity index (χ0) is 40.2. The predicted octanol–water partition coefficient (Wildman–Crippen LogP) is 3.86. The molecule has 0 bridgehead atoms. The molecule has 3 heterocycles. The van der Waals surface area contributed by atoms with Crippen LogP contribution in [0, 0.1) is 0 Å². The molecule has 1 amide bonds. The summed E-state index contributed by atoms with van der Waals surface area (Å²) in [5.41, 5.74) is 3.60. The molecule has 1 saturated heterocycles. The Hall–Kier alpha value is -4.77. The van der Waals surface area contributed by atoms with Crippen molar-refractivity contribution >= 4 is 26.0 Å². The van der Waals surface area contributed by atoms with Gasteiger partial charge in [-0.25, -0.2) is 13.6 Å². The van der Waals surface area contributed by atoms with Crippen molar-refractivity contribution < 1.29 is 31.1 Å². The summed E-state index contributed by atoms with van der Waals surface area (Å²) in [6.07, 6.45) is 3.08. The Bertz CT molecular complexity index is 2340. The standard InChI is InChI=1S/C21H26N2O5S.C17H23N3O4S/c1-21(2,3)17-12-15(14-6-5-7-22-19(14)24)16(13-18(17)28-4)20(25)23-8-10-29(26,27)11-9-23;1-17(2,3)14-9-13(12-6-5-7-19-16(12)21)11(8-15(14)24-4)10-20-25(18,22)23/h5-7,12-13H,8-11H2,1-4H3,(H,22,24);5-9,20H,10H2,1-4H3,(H,19,21)(H2,18,22,23). The molecule has 0 spiro atoms. The minimum absolute atomic E-state index is 0.0523. The molecule has 4 aromatic rings. The van der Waals surface area contributed by atoms with Gasteiger partial charge in [-0.05, 0) is 70.5 Å². The lowest BCUT2D eigenvalue weighted by Crippen LogP contribution is -2.44. The fourth-order valence-electron chi connectivity index (χ4n) is 6.04. The molecule has 2 aromatic heterocycles. The van der Waals surface area contributed by atoms with Gasteiger partial charge in [-0.3, -0.25) is 14.4 Å². The number of H-pyrrole nitrogens is 2. The Morgan fingerprint density at radius 3 is 1.70 bits per heavy atom. The summed E-state index contributed by atoms with van der Waals surface area (Å²) in [4.78, 5) is 44.8. The third kappa shape index (κ3) is 10.3. The summed E-state index contributed by atoms with van der Waals surface area (Å²) >= 11 is 0. The van der Waals surface area contributed by atoms with Crippen LogP contribution in [0.3, 0.4) is 0 Å². The van der Waals surface area contributed by atoms with E-state index in [-0.39, 0.29) is 59.0 Å². The summed E-state index contributed by atoms with van der Waals surface area (Å²) in [6.45, 7) is 12.4. The van der Waals surface area contributed by atoms with Crippen LogP contribution in [0.15, 0.2) is 70.5 Å². The largest absolute Gasteiger partial charge is 0.496 e. The number of amides is 1. The molecule has 292 valence electrons. The monoisotopic (exact) mass is 783 g/mol. The summed E-state index contributed by atoms with van der Waals surface area (Å²) in [5, 5.41) is 5.03. The molecule has 54 heavy (non-hydrogen) atoms. The van der Waals surface area contributed by atoms with Crippen molar-refractivity contribution in [2.24, 2.45) is 5.14 Å². The second-order valence-corrected chi connectivity index (χ2v) is 18.6. The average Bonchev–Trinajstić information content (AvgIpc) is 3.09. The molecule has 5 rings (SSSR count). The Labute approximate surface area is 316 Å². The van der Waals surface area contributed by atoms with Crippen LogP contribution in [0.25, 0.3) is 22.3 Å². The molecule has 1 fully saturated rings. The number of sulfone groups is 1. The maximum absolute atomic E-state index is 13.3. The van der Waals surface area contributed by atoms with Crippen LogP contribution < -0.4 is 30.5 Å². The first kappa shape index (κ1) is 42.0. The summed E-state index contributed by atoms with van der Waals surface area (Å²) in [7, 11) is -3.88. The number of ether oxygens (including phenoxy) is 2. The summed E-state index contributed by atoms with van der Waals surface area (Å²) < 4.78 is 59.3. The van der Waals surface area contributed by atoms with Gasteiger partial charge in [0, 0.05) is 59.8 Å². The van der Waals surface area contributed by atoms with Crippen molar-refractivity contribution in [3.05, 3.63) is 104 Å². The Morgan fingerprint density at radius 2 is 1.26 bits per heavy atom. The van der Waals surface area contributed by atoms with E-state index in [1.165, 1.54) is 11.1 Å². The Morgan fingerprint density at radius 1 is 0.796 bits per heavy atom. The maximum Gasteiger partial charge on any atom is 0.274 e. The Balaban J connectivity index is 0.000000244. The predicted molar refractivity (Wildman–Crippen MR) is 210 cm³/mol. The summed E-state index contributed by atoms with van der Waals surface area (Å²) in [6, 6.07) is 13.9. The number of carbonyl (C=O) groups is 1. The van der Waals surface area contributed by atoms with Gasteiger partial charge in [0.2, 0.25) is 0 Å². The van der Waals surface area contributed by atoms with Gasteiger partial charge in [-0.1, -0.05) is 41.5 Å². The number of rotatable bonds is 8. The highest BCUT2D eigenvalue weighted by atomic mass is 32.2. The van der Waals surface area contributed by atoms with Crippen molar-refractivity contribution in [2.75, 3.05) is 38.8 Å². The molecule has 16 heteroatoms. The van der Waals surface area contributed by atoms with Crippen LogP contribution in [0.2, 0.25) is 0 Å². The first-order chi connectivity index (χ1) is 25.1. The van der Waals surface area contributed by atoms with Gasteiger partial charge in [-0.15, -0.1) is 0 Å². The van der Waals surface area contributed by atoms with Crippen molar-refractivity contribution in [1.29, 1.82) is 0 Å². The highest BCUT2D eigenvalue weighted by Gasteiger charge is 2.30. The molecule has 14 nitrogen and oxygen atoms in total. The van der Waals surface area contributed by atoms with E-state index in [2.05, 4.69) is 14.7 Å². The van der Waals surface area contributed by atoms with Crippen molar-refractivity contribution in [2.45, 2.75) is 58.9 Å². The van der Waals surface area contributed by atoms with Gasteiger partial charge < -0.3 is 24.3 Å². The fraction of sp³-hybridized carbons (Fsp3) is 0.395. The van der Waals surface area contributed by atoms with Crippen LogP contribution in [-0.4, -0.2) is 76.4 Å². The molecule has 0 aliphatic carbocycles. The molecular weight excluding hydrogens is 735 g/mol. The number of hydrogen-bond acceptors (Lipinski definition) is 9. The molecule has 2 aromatic carbocycles. The van der Waals surface area contributed by atoms with E-state index in [1.54, 1.807) is 56.8 Å². The number of methoxy groups -OCH3 is 2. The number of pyridine rings is 2. The topological polar surface area (TPSA) is 211 Å². The highest BCUT2D eigenvalue weighted by molar-refractivity contribution is 7.91. The van der Waals surface area contributed by atoms with E-state index in [4.69, 9.17) is 14.6 Å². The SMILES string of the molecule is COc1cc(C(=O)N2CCS(=O)(=O)CC2)c(-c2ccc[nH]c2=O)cc1C(C)(C)C.COc1cc(CNS(N)(=O)=O)c(-c2ccc[nH]c2=O)cc1C(C)(C)C. The lowest BCUT2D eigenvalue weighted by molar-refractivity contribution is 0.0770. The van der Waals surface area contributed by atoms with E-state index < -0.39 is 20.0 Å². The molecule has 0 unspecified atom stereocenters. The third-order valence-electron chi connectivity index (χ3n) is 8.92. The number of benzene rings is 2. The molecular formula is C38H49N5O9S2. The number of nitrogens with zero attached hydrogens (tertiary/aromatic N) is 1. The minimum atomic E-state index is -3.87. The van der Waals surface area contributed by atoms with Crippen LogP contribution in [0.5, 0.6) is 11.5 Å². The minimum Gasteiger partial charge on any atom is -0.496 e. The number of nitrogens with one attached hydrogen (secondary N) is 3. The molecule has 0 saturated carbocycles. The number of aromatic amines is 2. The smallest absolute Gasteiger partial charge is 0.274 e. The highest BCUT2D eigenvalue weighted by Crippen LogP contribution is 2.38. The summed E-state index contributed by atoms with van der Waals surface area (Å²) in [5.74, 6) is 0.752. The van der Waals surface area contributed by atoms with Gasteiger partial charge in [0.15, 0.2) is 9.84 Å². The van der Waals surface area contributed by atoms with Gasteiger partial charge in [0.25, 0.3) is 27.2 Å². The van der Waals surface area contributed by atoms with Crippen LogP contribution in [0.4, 0.5) is 0 Å². The van der Waals surface area contributed by atoms with Crippen LogP contribution in [0.1, 0.15) is 68.6 Å². The number of hydrogen-bond donors (Lipinski definition) is 4. The molecule has 1 aliphatic rings. The lowest BCUT2D eigenvalue weighted by atomic mass is 9.83. The number of aromatic nitrogens is 2. The van der Waals surface area contributed by atoms with Gasteiger partial charge in [0.1, 0.15) is 11.5 Å². The normalized spacial score (nSPS) is 14.5. The second-order valence-electron chi connectivity index (χ2n) is 14.9. The molecule has 5 N–H and O–H groups in total. The van der Waals surface area contributed by atoms with Crippen molar-refractivity contribution in [3.8, 4) is 33.8 Å². The fourth-order valence-corrected chi connectivity index (χ4v) is 7.60. The molecule has 0 atom stereocenters. The first-order valence-corrected chi connectivity index (χ1v) is 20.5. The zero-order valence-electron chi connectivity index (χ0n) is 31.8. The maximum atomic E-state index is 13.3. The van der Waals surface area contributed by atoms with Crippen LogP contribution >= 0.6 is 0 Å². The average molecular weight is 784 g/mol. The number of carbonyl (C=O) groups excluding carboxylic acids is 1. The molecule has 0 radical (unpaired) electrons. The zero-order valence-corrected chi connectivity index (χ0v) is 33.5. The van der Waals surface area contributed by atoms with E-state index in [9.17, 15) is 31.2 Å². The van der Waals surface area contributed by atoms with Crippen molar-refractivity contribution in [3.63, 3.8) is 0 Å². The van der Waals surface area contributed by atoms with Crippen LogP contribution in [-0.2, 0) is 37.4 Å². The second kappa shape index (κ2) is 16.3. The Kier molecular flexibility index (Phi) is 12.7. The van der Waals surface area contributed by atoms with Gasteiger partial charge in [-0.2, -0.15) is 13.1 Å². The van der Waals surface area contributed by atoms with E-state index in [0.29, 0.717) is 44.9 Å². The van der Waals surface area contributed by atoms with E-state index in [0.717, 1.165) is 11.1 Å². The quantitative estimate of drug-likeness (QED) is 0.204. The van der Waals surface area contributed by atoms with Crippen molar-refractivity contribution in [1.82, 2.24) is 19.6 Å². The van der Waals surface area contributed by atoms with Gasteiger partial charge >= 0.3 is 0 Å². The van der Waals surface area contributed by atoms with E-state index >= 15 is 0 Å².